The molecule has 2 aliphatic carbocycles. The van der Waals surface area contributed by atoms with Crippen LogP contribution in [-0.2, 0) is 37.0 Å². The van der Waals surface area contributed by atoms with Gasteiger partial charge in [-0.2, -0.15) is 4.36 Å². The molecule has 1 spiro atoms. The van der Waals surface area contributed by atoms with Crippen molar-refractivity contribution in [2.75, 3.05) is 44.9 Å². The molecule has 2 aromatic carbocycles. The number of anilines is 1. The second-order valence-corrected chi connectivity index (χ2v) is 15.2. The van der Waals surface area contributed by atoms with Crippen molar-refractivity contribution in [3.05, 3.63) is 64.7 Å². The summed E-state index contributed by atoms with van der Waals surface area (Å²) in [5.74, 6) is 1.11. The summed E-state index contributed by atoms with van der Waals surface area (Å²) in [5.41, 5.74) is 2.16. The zero-order valence-corrected chi connectivity index (χ0v) is 28.7. The van der Waals surface area contributed by atoms with Crippen LogP contribution >= 0.6 is 11.6 Å². The summed E-state index contributed by atoms with van der Waals surface area (Å²) < 4.78 is 26.2. The number of carbonyl (C=O) groups excluding carboxylic acids is 2. The Morgan fingerprint density at radius 3 is 2.83 bits per heavy atom. The molecule has 9 nitrogen and oxygen atoms in total. The molecule has 2 aromatic rings. The van der Waals surface area contributed by atoms with Crippen molar-refractivity contribution >= 4 is 40.1 Å². The second-order valence-electron chi connectivity index (χ2n) is 13.3. The minimum Gasteiger partial charge on any atom is -0.490 e. The number of halogens is 1. The maximum absolute atomic E-state index is 13.5. The smallest absolute Gasteiger partial charge is 0.325 e. The molecule has 11 heteroatoms. The van der Waals surface area contributed by atoms with E-state index in [1.165, 1.54) is 11.1 Å². The molecule has 6 rings (SSSR count). The van der Waals surface area contributed by atoms with Crippen LogP contribution in [0.3, 0.4) is 0 Å². The molecule has 2 bridgehead atoms. The van der Waals surface area contributed by atoms with Crippen LogP contribution in [0.25, 0.3) is 0 Å². The Labute approximate surface area is 279 Å². The first-order valence-electron chi connectivity index (χ1n) is 16.3. The molecular weight excluding hydrogens is 624 g/mol. The predicted octanol–water partition coefficient (Wildman–Crippen LogP) is 6.14. The molecule has 2 N–H and O–H groups in total. The first-order chi connectivity index (χ1) is 22.1. The van der Waals surface area contributed by atoms with Gasteiger partial charge in [0.15, 0.2) is 0 Å². The average Bonchev–Trinajstić information content (AvgIpc) is 3.16. The Hall–Kier alpha value is -2.92. The summed E-state index contributed by atoms with van der Waals surface area (Å²) >= 11 is 6.46. The third kappa shape index (κ3) is 6.72. The van der Waals surface area contributed by atoms with Crippen LogP contribution in [-0.4, -0.2) is 63.6 Å². The number of methoxy groups -OCH3 is 1. The highest BCUT2D eigenvalue weighted by molar-refractivity contribution is 7.86. The largest absolute Gasteiger partial charge is 0.490 e. The number of nitrogens with one attached hydrogen (secondary N) is 2. The van der Waals surface area contributed by atoms with Gasteiger partial charge in [-0.1, -0.05) is 29.8 Å². The molecule has 0 aromatic heterocycles. The highest BCUT2D eigenvalue weighted by Gasteiger charge is 2.44. The van der Waals surface area contributed by atoms with E-state index in [2.05, 4.69) is 37.5 Å². The molecule has 5 atom stereocenters. The highest BCUT2D eigenvalue weighted by atomic mass is 35.5. The summed E-state index contributed by atoms with van der Waals surface area (Å²) in [6.45, 7) is 8.13. The summed E-state index contributed by atoms with van der Waals surface area (Å²) in [6, 6.07) is 11.8. The van der Waals surface area contributed by atoms with Crippen LogP contribution in [0.5, 0.6) is 5.75 Å². The van der Waals surface area contributed by atoms with E-state index >= 15 is 0 Å². The minimum absolute atomic E-state index is 0.0496. The van der Waals surface area contributed by atoms with E-state index < -0.39 is 22.4 Å². The van der Waals surface area contributed by atoms with Crippen molar-refractivity contribution in [3.8, 4) is 5.75 Å². The number of benzene rings is 2. The van der Waals surface area contributed by atoms with E-state index in [4.69, 9.17) is 25.8 Å². The second kappa shape index (κ2) is 13.7. The lowest BCUT2D eigenvalue weighted by Gasteiger charge is -2.46. The van der Waals surface area contributed by atoms with Gasteiger partial charge in [0.1, 0.15) is 11.4 Å². The standard InChI is InChI=1S/C35H45ClN4O5S/c1-5-37-33(42)39-46-26-12-15-31-29(19-26)40(21-35(22-44-31)16-6-8-23-18-25(36)11-14-28(23)35)20-24-10-13-27(24)30(43-4)9-7-17-45-34(2,3)32(41)38-46/h7,9,11-12,14-15,18-19,24,27,30H,5-6,8,10,13,16-17,20-22H2,1-4H3,(H2,37,38,39,41,42)/b9-7+/t24-,27+,30-,35-,46?/m0/s1. The number of rotatable bonds is 3. The number of ether oxygens (including phenoxy) is 3. The number of carbonyl (C=O) groups is 2. The molecule has 1 saturated carbocycles. The normalized spacial score (nSPS) is 29.9. The van der Waals surface area contributed by atoms with E-state index in [0.29, 0.717) is 25.0 Å². The maximum Gasteiger partial charge on any atom is 0.325 e. The van der Waals surface area contributed by atoms with Gasteiger partial charge in [0, 0.05) is 53.0 Å². The van der Waals surface area contributed by atoms with Gasteiger partial charge in [-0.25, -0.2) is 4.79 Å². The number of fused-ring (bicyclic) bond motifs is 4. The predicted molar refractivity (Wildman–Crippen MR) is 182 cm³/mol. The van der Waals surface area contributed by atoms with E-state index in [1.54, 1.807) is 21.0 Å². The average molecular weight is 669 g/mol. The summed E-state index contributed by atoms with van der Waals surface area (Å²) in [5, 5.41) is 3.54. The van der Waals surface area contributed by atoms with Crippen molar-refractivity contribution in [2.24, 2.45) is 16.2 Å². The van der Waals surface area contributed by atoms with Crippen molar-refractivity contribution in [1.29, 1.82) is 0 Å². The number of hydrogen-bond donors (Lipinski definition) is 2. The zero-order chi connectivity index (χ0) is 32.5. The van der Waals surface area contributed by atoms with Crippen molar-refractivity contribution in [1.82, 2.24) is 10.0 Å². The molecule has 3 amide bonds. The van der Waals surface area contributed by atoms with Gasteiger partial charge in [-0.15, -0.1) is 0 Å². The first kappa shape index (κ1) is 33.0. The topological polar surface area (TPSA) is 101 Å². The molecule has 46 heavy (non-hydrogen) atoms. The van der Waals surface area contributed by atoms with Crippen LogP contribution in [0, 0.1) is 11.8 Å². The molecule has 2 aliphatic heterocycles. The van der Waals surface area contributed by atoms with Crippen LogP contribution < -0.4 is 19.7 Å². The Kier molecular flexibility index (Phi) is 9.80. The van der Waals surface area contributed by atoms with Crippen molar-refractivity contribution in [2.45, 2.75) is 74.9 Å². The lowest BCUT2D eigenvalue weighted by atomic mass is 9.68. The summed E-state index contributed by atoms with van der Waals surface area (Å²) in [7, 11) is 0.489. The Balaban J connectivity index is 1.47. The monoisotopic (exact) mass is 668 g/mol. The van der Waals surface area contributed by atoms with Crippen molar-refractivity contribution in [3.63, 3.8) is 0 Å². The molecule has 1 unspecified atom stereocenters. The van der Waals surface area contributed by atoms with E-state index in [9.17, 15) is 9.59 Å². The van der Waals surface area contributed by atoms with Gasteiger partial charge in [0.2, 0.25) is 0 Å². The quantitative estimate of drug-likeness (QED) is 0.381. The van der Waals surface area contributed by atoms with Gasteiger partial charge in [-0.05, 0) is 106 Å². The number of amides is 3. The fraction of sp³-hybridized carbons (Fsp3) is 0.543. The molecule has 2 heterocycles. The van der Waals surface area contributed by atoms with Gasteiger partial charge in [0.25, 0.3) is 5.91 Å². The molecular formula is C35H45ClN4O5S. The number of hydrogen-bond acceptors (Lipinski definition) is 6. The molecule has 0 radical (unpaired) electrons. The summed E-state index contributed by atoms with van der Waals surface area (Å²) in [4.78, 5) is 29.5. The number of aryl methyl sites for hydroxylation is 1. The lowest BCUT2D eigenvalue weighted by molar-refractivity contribution is -0.137. The van der Waals surface area contributed by atoms with Crippen LogP contribution in [0.15, 0.2) is 57.8 Å². The summed E-state index contributed by atoms with van der Waals surface area (Å²) in [6.07, 6.45) is 9.24. The van der Waals surface area contributed by atoms with Gasteiger partial charge in [0.05, 0.1) is 25.0 Å². The Bertz CT molecular complexity index is 1550. The van der Waals surface area contributed by atoms with Gasteiger partial charge in [-0.3, -0.25) is 9.52 Å². The fourth-order valence-corrected chi connectivity index (χ4v) is 8.78. The van der Waals surface area contributed by atoms with E-state index in [1.807, 2.05) is 37.3 Å². The Morgan fingerprint density at radius 1 is 1.22 bits per heavy atom. The molecule has 248 valence electrons. The third-order valence-corrected chi connectivity index (χ3v) is 11.6. The third-order valence-electron chi connectivity index (χ3n) is 9.94. The SMILES string of the molecule is CCNC(=O)N/S1=N\C(=O)C(C)(C)OC/C=C/[C@H](OC)[C@@H]2CC[C@H]2CN2C[C@@]3(CCCc4cc(Cl)ccc43)COc3ccc1cc32. The van der Waals surface area contributed by atoms with Crippen LogP contribution in [0.1, 0.15) is 57.6 Å². The molecule has 0 saturated heterocycles. The van der Waals surface area contributed by atoms with E-state index in [-0.39, 0.29) is 24.2 Å². The van der Waals surface area contributed by atoms with Crippen LogP contribution in [0.4, 0.5) is 10.5 Å². The van der Waals surface area contributed by atoms with Crippen LogP contribution in [0.2, 0.25) is 5.02 Å². The van der Waals surface area contributed by atoms with Crippen molar-refractivity contribution < 1.29 is 23.8 Å². The number of nitrogens with zero attached hydrogens (tertiary/aromatic N) is 2. The molecule has 4 aliphatic rings. The van der Waals surface area contributed by atoms with Gasteiger partial charge < -0.3 is 24.4 Å². The fourth-order valence-electron chi connectivity index (χ4n) is 7.27. The minimum atomic E-state index is -1.27. The lowest BCUT2D eigenvalue weighted by Crippen LogP contribution is -2.49. The highest BCUT2D eigenvalue weighted by Crippen LogP contribution is 2.47. The Morgan fingerprint density at radius 2 is 2.07 bits per heavy atom. The molecule has 1 fully saturated rings. The van der Waals surface area contributed by atoms with E-state index in [0.717, 1.165) is 66.5 Å². The number of urea groups is 1. The maximum atomic E-state index is 13.5. The first-order valence-corrected chi connectivity index (χ1v) is 17.9. The zero-order valence-electron chi connectivity index (χ0n) is 27.1. The van der Waals surface area contributed by atoms with Gasteiger partial charge >= 0.3 is 6.03 Å².